The molecule has 0 aliphatic heterocycles. The Bertz CT molecular complexity index is 395. The fourth-order valence-corrected chi connectivity index (χ4v) is 2.15. The van der Waals surface area contributed by atoms with Crippen LogP contribution in [0.5, 0.6) is 0 Å². The van der Waals surface area contributed by atoms with Crippen LogP contribution in [0.4, 0.5) is 0 Å². The zero-order valence-electron chi connectivity index (χ0n) is 9.53. The molecule has 4 nitrogen and oxygen atoms in total. The molecule has 0 spiro atoms. The van der Waals surface area contributed by atoms with Gasteiger partial charge in [0.15, 0.2) is 6.61 Å². The third-order valence-electron chi connectivity index (χ3n) is 1.89. The lowest BCUT2D eigenvalue weighted by Crippen LogP contribution is -2.16. The van der Waals surface area contributed by atoms with Gasteiger partial charge in [-0.2, -0.15) is 0 Å². The van der Waals surface area contributed by atoms with E-state index < -0.39 is 11.9 Å². The molecule has 88 valence electrons. The first-order valence-corrected chi connectivity index (χ1v) is 5.76. The number of hydrogen-bond donors (Lipinski definition) is 0. The maximum atomic E-state index is 11.6. The number of ether oxygens (including phenoxy) is 2. The number of carbonyl (C=O) groups excluding carboxylic acids is 2. The standard InChI is InChI=1S/C11H14O4S/c1-4-14-10(12)6-15-11(13)9-5-7(2)16-8(9)3/h5H,4,6H2,1-3H3. The second kappa shape index (κ2) is 5.65. The van der Waals surface area contributed by atoms with Crippen molar-refractivity contribution >= 4 is 23.3 Å². The second-order valence-electron chi connectivity index (χ2n) is 3.21. The summed E-state index contributed by atoms with van der Waals surface area (Å²) in [7, 11) is 0. The van der Waals surface area contributed by atoms with Crippen molar-refractivity contribution in [3.63, 3.8) is 0 Å². The highest BCUT2D eigenvalue weighted by Crippen LogP contribution is 2.21. The van der Waals surface area contributed by atoms with E-state index in [1.165, 1.54) is 11.3 Å². The number of carbonyl (C=O) groups is 2. The lowest BCUT2D eigenvalue weighted by atomic mass is 10.2. The molecule has 0 saturated heterocycles. The van der Waals surface area contributed by atoms with Crippen LogP contribution in [0.25, 0.3) is 0 Å². The fourth-order valence-electron chi connectivity index (χ4n) is 1.24. The van der Waals surface area contributed by atoms with Crippen molar-refractivity contribution in [2.45, 2.75) is 20.8 Å². The summed E-state index contributed by atoms with van der Waals surface area (Å²) in [4.78, 5) is 24.5. The molecule has 0 N–H and O–H groups in total. The normalized spacial score (nSPS) is 9.94. The summed E-state index contributed by atoms with van der Waals surface area (Å²) < 4.78 is 9.48. The Morgan fingerprint density at radius 3 is 2.50 bits per heavy atom. The summed E-state index contributed by atoms with van der Waals surface area (Å²) in [5.74, 6) is -1.00. The van der Waals surface area contributed by atoms with E-state index in [1.54, 1.807) is 13.0 Å². The summed E-state index contributed by atoms with van der Waals surface area (Å²) in [5, 5.41) is 0. The molecule has 0 bridgehead atoms. The van der Waals surface area contributed by atoms with Crippen molar-refractivity contribution in [3.05, 3.63) is 21.4 Å². The number of aryl methyl sites for hydroxylation is 2. The third kappa shape index (κ3) is 3.34. The van der Waals surface area contributed by atoms with Crippen molar-refractivity contribution in [2.24, 2.45) is 0 Å². The van der Waals surface area contributed by atoms with Gasteiger partial charge in [0.2, 0.25) is 0 Å². The summed E-state index contributed by atoms with van der Waals surface area (Å²) >= 11 is 1.53. The van der Waals surface area contributed by atoms with Gasteiger partial charge < -0.3 is 9.47 Å². The van der Waals surface area contributed by atoms with Crippen LogP contribution in [0.3, 0.4) is 0 Å². The molecule has 0 aromatic carbocycles. The molecule has 0 fully saturated rings. The van der Waals surface area contributed by atoms with Gasteiger partial charge in [0, 0.05) is 9.75 Å². The molecule has 0 unspecified atom stereocenters. The molecule has 1 rings (SSSR count). The number of rotatable bonds is 4. The Labute approximate surface area is 98.2 Å². The van der Waals surface area contributed by atoms with Gasteiger partial charge in [-0.25, -0.2) is 9.59 Å². The minimum absolute atomic E-state index is 0.285. The van der Waals surface area contributed by atoms with Gasteiger partial charge in [-0.3, -0.25) is 0 Å². The first kappa shape index (κ1) is 12.7. The average molecular weight is 242 g/mol. The van der Waals surface area contributed by atoms with Crippen LogP contribution in [0.2, 0.25) is 0 Å². The Morgan fingerprint density at radius 1 is 1.31 bits per heavy atom. The quantitative estimate of drug-likeness (QED) is 0.758. The SMILES string of the molecule is CCOC(=O)COC(=O)c1cc(C)sc1C. The molecular formula is C11H14O4S. The number of thiophene rings is 1. The molecule has 0 atom stereocenters. The van der Waals surface area contributed by atoms with Gasteiger partial charge in [0.05, 0.1) is 12.2 Å². The molecule has 0 amide bonds. The summed E-state index contributed by atoms with van der Waals surface area (Å²) in [5.41, 5.74) is 0.520. The van der Waals surface area contributed by atoms with Crippen LogP contribution < -0.4 is 0 Å². The molecule has 16 heavy (non-hydrogen) atoms. The van der Waals surface area contributed by atoms with Gasteiger partial charge in [-0.1, -0.05) is 0 Å². The van der Waals surface area contributed by atoms with E-state index in [0.717, 1.165) is 9.75 Å². The molecule has 5 heteroatoms. The molecule has 0 radical (unpaired) electrons. The van der Waals surface area contributed by atoms with Crippen molar-refractivity contribution in [1.29, 1.82) is 0 Å². The highest BCUT2D eigenvalue weighted by Gasteiger charge is 2.15. The lowest BCUT2D eigenvalue weighted by Gasteiger charge is -2.03. The predicted molar refractivity (Wildman–Crippen MR) is 60.7 cm³/mol. The first-order chi connectivity index (χ1) is 7.54. The fraction of sp³-hybridized carbons (Fsp3) is 0.455. The monoisotopic (exact) mass is 242 g/mol. The van der Waals surface area contributed by atoms with Gasteiger partial charge in [0.25, 0.3) is 0 Å². The topological polar surface area (TPSA) is 52.6 Å². The van der Waals surface area contributed by atoms with Crippen molar-refractivity contribution in [3.8, 4) is 0 Å². The predicted octanol–water partition coefficient (Wildman–Crippen LogP) is 2.08. The Balaban J connectivity index is 2.53. The molecule has 0 aliphatic rings. The number of hydrogen-bond acceptors (Lipinski definition) is 5. The van der Waals surface area contributed by atoms with Crippen LogP contribution in [0.15, 0.2) is 6.07 Å². The number of esters is 2. The van der Waals surface area contributed by atoms with E-state index in [0.29, 0.717) is 5.56 Å². The lowest BCUT2D eigenvalue weighted by molar-refractivity contribution is -0.146. The van der Waals surface area contributed by atoms with Gasteiger partial charge in [0.1, 0.15) is 0 Å². The zero-order valence-corrected chi connectivity index (χ0v) is 10.3. The van der Waals surface area contributed by atoms with Crippen LogP contribution in [0, 0.1) is 13.8 Å². The average Bonchev–Trinajstić information content (AvgIpc) is 2.55. The molecule has 0 saturated carbocycles. The van der Waals surface area contributed by atoms with E-state index in [4.69, 9.17) is 4.74 Å². The van der Waals surface area contributed by atoms with E-state index in [1.807, 2.05) is 13.8 Å². The third-order valence-corrected chi connectivity index (χ3v) is 2.85. The molecule has 1 aromatic heterocycles. The minimum atomic E-state index is -0.527. The van der Waals surface area contributed by atoms with Crippen molar-refractivity contribution in [1.82, 2.24) is 0 Å². The minimum Gasteiger partial charge on any atom is -0.463 e. The Hall–Kier alpha value is -1.36. The Kier molecular flexibility index (Phi) is 4.49. The molecule has 1 aromatic rings. The second-order valence-corrected chi connectivity index (χ2v) is 4.67. The van der Waals surface area contributed by atoms with E-state index in [9.17, 15) is 9.59 Å². The van der Waals surface area contributed by atoms with E-state index in [-0.39, 0.29) is 13.2 Å². The van der Waals surface area contributed by atoms with Crippen LogP contribution in [-0.2, 0) is 14.3 Å². The van der Waals surface area contributed by atoms with Crippen LogP contribution in [-0.4, -0.2) is 25.2 Å². The summed E-state index contributed by atoms with van der Waals surface area (Å²) in [6.07, 6.45) is 0. The van der Waals surface area contributed by atoms with Crippen LogP contribution >= 0.6 is 11.3 Å². The molecular weight excluding hydrogens is 228 g/mol. The van der Waals surface area contributed by atoms with E-state index in [2.05, 4.69) is 4.74 Å². The van der Waals surface area contributed by atoms with Crippen molar-refractivity contribution < 1.29 is 19.1 Å². The Morgan fingerprint density at radius 2 is 2.00 bits per heavy atom. The van der Waals surface area contributed by atoms with Gasteiger partial charge in [-0.15, -0.1) is 11.3 Å². The maximum Gasteiger partial charge on any atom is 0.344 e. The largest absolute Gasteiger partial charge is 0.463 e. The van der Waals surface area contributed by atoms with Gasteiger partial charge >= 0.3 is 11.9 Å². The smallest absolute Gasteiger partial charge is 0.344 e. The molecule has 0 aliphatic carbocycles. The van der Waals surface area contributed by atoms with Gasteiger partial charge in [-0.05, 0) is 26.8 Å². The maximum absolute atomic E-state index is 11.6. The zero-order chi connectivity index (χ0) is 12.1. The highest BCUT2D eigenvalue weighted by atomic mass is 32.1. The summed E-state index contributed by atoms with van der Waals surface area (Å²) in [6, 6.07) is 1.76. The van der Waals surface area contributed by atoms with Crippen LogP contribution in [0.1, 0.15) is 27.0 Å². The highest BCUT2D eigenvalue weighted by molar-refractivity contribution is 7.12. The van der Waals surface area contributed by atoms with Crippen molar-refractivity contribution in [2.75, 3.05) is 13.2 Å². The summed E-state index contributed by atoms with van der Waals surface area (Å²) in [6.45, 7) is 5.42. The first-order valence-electron chi connectivity index (χ1n) is 4.94. The molecule has 1 heterocycles. The van der Waals surface area contributed by atoms with E-state index >= 15 is 0 Å².